The van der Waals surface area contributed by atoms with Crippen molar-refractivity contribution in [1.29, 1.82) is 0 Å². The molecule has 1 aromatic rings. The fraction of sp³-hybridized carbons (Fsp3) is 0.417. The van der Waals surface area contributed by atoms with Gasteiger partial charge in [-0.3, -0.25) is 4.79 Å². The molecule has 0 saturated carbocycles. The van der Waals surface area contributed by atoms with Gasteiger partial charge in [-0.2, -0.15) is 0 Å². The molecule has 0 saturated heterocycles. The number of carbonyl (C=O) groups excluding carboxylic acids is 1. The Morgan fingerprint density at radius 1 is 1.50 bits per heavy atom. The minimum absolute atomic E-state index is 0.0661. The van der Waals surface area contributed by atoms with Gasteiger partial charge in [-0.1, -0.05) is 6.07 Å². The lowest BCUT2D eigenvalue weighted by Crippen LogP contribution is -2.39. The predicted molar refractivity (Wildman–Crippen MR) is 72.6 cm³/mol. The van der Waals surface area contributed by atoms with E-state index in [9.17, 15) is 4.79 Å². The minimum atomic E-state index is -0.336. The van der Waals surface area contributed by atoms with Crippen molar-refractivity contribution >= 4 is 28.5 Å². The molecule has 0 aliphatic carbocycles. The summed E-state index contributed by atoms with van der Waals surface area (Å²) in [6.45, 7) is 4.36. The van der Waals surface area contributed by atoms with Gasteiger partial charge >= 0.3 is 0 Å². The summed E-state index contributed by atoms with van der Waals surface area (Å²) >= 11 is 2.19. The maximum absolute atomic E-state index is 11.8. The lowest BCUT2D eigenvalue weighted by Gasteiger charge is -2.23. The van der Waals surface area contributed by atoms with Crippen LogP contribution in [0, 0.1) is 3.57 Å². The maximum atomic E-state index is 11.8. The highest BCUT2D eigenvalue weighted by Gasteiger charge is 2.17. The third-order valence-electron chi connectivity index (χ3n) is 2.31. The Morgan fingerprint density at radius 3 is 2.75 bits per heavy atom. The van der Waals surface area contributed by atoms with Crippen molar-refractivity contribution in [3.63, 3.8) is 0 Å². The number of hydrogen-bond acceptors (Lipinski definition) is 2. The predicted octanol–water partition coefficient (Wildman–Crippen LogP) is 2.45. The molecule has 1 N–H and O–H groups in total. The summed E-state index contributed by atoms with van der Waals surface area (Å²) < 4.78 is 6.28. The van der Waals surface area contributed by atoms with E-state index in [1.54, 1.807) is 13.2 Å². The monoisotopic (exact) mass is 333 g/mol. The van der Waals surface area contributed by atoms with Crippen LogP contribution in [0.2, 0.25) is 0 Å². The lowest BCUT2D eigenvalue weighted by atomic mass is 10.1. The summed E-state index contributed by atoms with van der Waals surface area (Å²) in [4.78, 5) is 11.8. The molecule has 0 atom stereocenters. The van der Waals surface area contributed by atoms with E-state index < -0.39 is 0 Å². The first-order valence-corrected chi connectivity index (χ1v) is 6.11. The van der Waals surface area contributed by atoms with Crippen LogP contribution in [0.4, 0.5) is 0 Å². The van der Waals surface area contributed by atoms with Crippen molar-refractivity contribution in [2.24, 2.45) is 0 Å². The van der Waals surface area contributed by atoms with Gasteiger partial charge in [-0.05, 0) is 54.6 Å². The number of carbonyl (C=O) groups is 1. The van der Waals surface area contributed by atoms with Gasteiger partial charge in [0.05, 0.1) is 5.60 Å². The van der Waals surface area contributed by atoms with Gasteiger partial charge in [0.1, 0.15) is 0 Å². The number of rotatable bonds is 4. The summed E-state index contributed by atoms with van der Waals surface area (Å²) in [6.07, 6.45) is 0. The van der Waals surface area contributed by atoms with Crippen LogP contribution < -0.4 is 5.32 Å². The third kappa shape index (κ3) is 4.09. The van der Waals surface area contributed by atoms with Crippen LogP contribution in [0.25, 0.3) is 0 Å². The van der Waals surface area contributed by atoms with Gasteiger partial charge in [0.25, 0.3) is 5.91 Å². The number of hydrogen-bond donors (Lipinski definition) is 1. The van der Waals surface area contributed by atoms with Gasteiger partial charge in [0.2, 0.25) is 0 Å². The number of amides is 1. The van der Waals surface area contributed by atoms with E-state index in [0.29, 0.717) is 12.1 Å². The third-order valence-corrected chi connectivity index (χ3v) is 2.99. The van der Waals surface area contributed by atoms with Crippen LogP contribution >= 0.6 is 22.6 Å². The first kappa shape index (κ1) is 13.4. The molecule has 0 bridgehead atoms. The molecule has 0 aliphatic heterocycles. The Labute approximate surface area is 110 Å². The van der Waals surface area contributed by atoms with Crippen LogP contribution in [0.15, 0.2) is 24.3 Å². The number of benzene rings is 1. The zero-order valence-corrected chi connectivity index (χ0v) is 11.9. The SMILES string of the molecule is COC(C)(C)CNC(=O)c1cccc(I)c1. The van der Waals surface area contributed by atoms with E-state index in [0.717, 1.165) is 3.57 Å². The Balaban J connectivity index is 2.60. The van der Waals surface area contributed by atoms with E-state index in [2.05, 4.69) is 27.9 Å². The second-order valence-electron chi connectivity index (χ2n) is 4.16. The quantitative estimate of drug-likeness (QED) is 0.860. The Bertz CT molecular complexity index is 377. The highest BCUT2D eigenvalue weighted by Crippen LogP contribution is 2.09. The van der Waals surface area contributed by atoms with Crippen LogP contribution in [-0.2, 0) is 4.74 Å². The molecule has 88 valence electrons. The molecule has 0 aliphatic rings. The van der Waals surface area contributed by atoms with Gasteiger partial charge in [-0.15, -0.1) is 0 Å². The highest BCUT2D eigenvalue weighted by atomic mass is 127. The average molecular weight is 333 g/mol. The molecule has 16 heavy (non-hydrogen) atoms. The molecule has 1 rings (SSSR count). The van der Waals surface area contributed by atoms with Crippen molar-refractivity contribution in [1.82, 2.24) is 5.32 Å². The van der Waals surface area contributed by atoms with Crippen molar-refractivity contribution in [3.05, 3.63) is 33.4 Å². The number of halogens is 1. The smallest absolute Gasteiger partial charge is 0.251 e. The molecule has 0 fully saturated rings. The van der Waals surface area contributed by atoms with Crippen LogP contribution in [-0.4, -0.2) is 25.2 Å². The largest absolute Gasteiger partial charge is 0.377 e. The Hall–Kier alpha value is -0.620. The molecule has 4 heteroatoms. The average Bonchev–Trinajstić information content (AvgIpc) is 2.26. The maximum Gasteiger partial charge on any atom is 0.251 e. The summed E-state index contributed by atoms with van der Waals surface area (Å²) in [5.41, 5.74) is 0.344. The standard InChI is InChI=1S/C12H16INO2/c1-12(2,16-3)8-14-11(15)9-5-4-6-10(13)7-9/h4-7H,8H2,1-3H3,(H,14,15). The lowest BCUT2D eigenvalue weighted by molar-refractivity contribution is 0.0229. The summed E-state index contributed by atoms with van der Waals surface area (Å²) in [5, 5.41) is 2.85. The molecule has 0 heterocycles. The van der Waals surface area contributed by atoms with Gasteiger partial charge < -0.3 is 10.1 Å². The van der Waals surface area contributed by atoms with Crippen LogP contribution in [0.1, 0.15) is 24.2 Å². The van der Waals surface area contributed by atoms with E-state index in [4.69, 9.17) is 4.74 Å². The van der Waals surface area contributed by atoms with Crippen LogP contribution in [0.5, 0.6) is 0 Å². The Morgan fingerprint density at radius 2 is 2.19 bits per heavy atom. The molecule has 0 aromatic heterocycles. The second kappa shape index (κ2) is 5.63. The van der Waals surface area contributed by atoms with Crippen molar-refractivity contribution in [2.75, 3.05) is 13.7 Å². The zero-order valence-electron chi connectivity index (χ0n) is 9.71. The van der Waals surface area contributed by atoms with Crippen molar-refractivity contribution in [2.45, 2.75) is 19.4 Å². The normalized spacial score (nSPS) is 11.2. The summed E-state index contributed by atoms with van der Waals surface area (Å²) in [5.74, 6) is -0.0661. The van der Waals surface area contributed by atoms with E-state index in [-0.39, 0.29) is 11.5 Å². The van der Waals surface area contributed by atoms with Crippen molar-refractivity contribution < 1.29 is 9.53 Å². The fourth-order valence-electron chi connectivity index (χ4n) is 1.10. The molecule has 0 radical (unpaired) electrons. The number of nitrogens with one attached hydrogen (secondary N) is 1. The molecular weight excluding hydrogens is 317 g/mol. The van der Waals surface area contributed by atoms with E-state index >= 15 is 0 Å². The first-order chi connectivity index (χ1) is 7.44. The topological polar surface area (TPSA) is 38.3 Å². The summed E-state index contributed by atoms with van der Waals surface area (Å²) in [7, 11) is 1.64. The van der Waals surface area contributed by atoms with E-state index in [1.807, 2.05) is 32.0 Å². The van der Waals surface area contributed by atoms with Gasteiger partial charge in [0, 0.05) is 22.8 Å². The molecule has 1 aromatic carbocycles. The van der Waals surface area contributed by atoms with Gasteiger partial charge in [0.15, 0.2) is 0 Å². The van der Waals surface area contributed by atoms with Crippen LogP contribution in [0.3, 0.4) is 0 Å². The number of ether oxygens (including phenoxy) is 1. The first-order valence-electron chi connectivity index (χ1n) is 5.03. The molecule has 3 nitrogen and oxygen atoms in total. The van der Waals surface area contributed by atoms with E-state index in [1.165, 1.54) is 0 Å². The fourth-order valence-corrected chi connectivity index (χ4v) is 1.64. The molecular formula is C12H16INO2. The minimum Gasteiger partial charge on any atom is -0.377 e. The molecule has 1 amide bonds. The zero-order chi connectivity index (χ0) is 12.2. The highest BCUT2D eigenvalue weighted by molar-refractivity contribution is 14.1. The molecule has 0 spiro atoms. The van der Waals surface area contributed by atoms with Crippen molar-refractivity contribution in [3.8, 4) is 0 Å². The second-order valence-corrected chi connectivity index (χ2v) is 5.40. The number of methoxy groups -OCH3 is 1. The van der Waals surface area contributed by atoms with Gasteiger partial charge in [-0.25, -0.2) is 0 Å². The summed E-state index contributed by atoms with van der Waals surface area (Å²) in [6, 6.07) is 7.49. The molecule has 0 unspecified atom stereocenters. The Kier molecular flexibility index (Phi) is 4.73.